The molecule has 0 N–H and O–H groups in total. The van der Waals surface area contributed by atoms with Crippen LogP contribution in [0.15, 0.2) is 30.3 Å². The van der Waals surface area contributed by atoms with Crippen LogP contribution in [0.5, 0.6) is 5.75 Å². The molecule has 0 amide bonds. The third-order valence-electron chi connectivity index (χ3n) is 4.87. The van der Waals surface area contributed by atoms with Crippen LogP contribution in [-0.4, -0.2) is 18.6 Å². The van der Waals surface area contributed by atoms with Gasteiger partial charge in [0.25, 0.3) is 0 Å². The molecule has 0 atom stereocenters. The molecule has 5 heteroatoms. The first-order chi connectivity index (χ1) is 11.4. The lowest BCUT2D eigenvalue weighted by Crippen LogP contribution is -2.32. The van der Waals surface area contributed by atoms with Gasteiger partial charge >= 0.3 is 6.18 Å². The summed E-state index contributed by atoms with van der Waals surface area (Å²) in [5, 5.41) is 1.79. The number of alkyl halides is 3. The van der Waals surface area contributed by atoms with Crippen molar-refractivity contribution in [1.82, 2.24) is 0 Å². The average molecular weight is 336 g/mol. The predicted octanol–water partition coefficient (Wildman–Crippen LogP) is 5.46. The minimum atomic E-state index is -4.10. The molecule has 1 aliphatic rings. The maximum Gasteiger partial charge on any atom is 0.391 e. The van der Waals surface area contributed by atoms with Crippen LogP contribution in [0.3, 0.4) is 0 Å². The lowest BCUT2D eigenvalue weighted by atomic mass is 9.87. The molecule has 0 spiro atoms. The van der Waals surface area contributed by atoms with Crippen molar-refractivity contribution in [3.8, 4) is 5.75 Å². The van der Waals surface area contributed by atoms with Gasteiger partial charge in [0.15, 0.2) is 6.29 Å². The highest BCUT2D eigenvalue weighted by molar-refractivity contribution is 6.00. The summed E-state index contributed by atoms with van der Waals surface area (Å²) in [6.07, 6.45) is -2.40. The van der Waals surface area contributed by atoms with Gasteiger partial charge in [0.1, 0.15) is 5.75 Å². The van der Waals surface area contributed by atoms with E-state index in [1.54, 1.807) is 12.1 Å². The van der Waals surface area contributed by atoms with E-state index in [1.807, 2.05) is 25.1 Å². The quantitative estimate of drug-likeness (QED) is 0.696. The Labute approximate surface area is 138 Å². The molecule has 2 aromatic rings. The van der Waals surface area contributed by atoms with Crippen LogP contribution >= 0.6 is 0 Å². The van der Waals surface area contributed by atoms with E-state index in [2.05, 4.69) is 0 Å². The van der Waals surface area contributed by atoms with Crippen LogP contribution in [0.2, 0.25) is 0 Å². The Morgan fingerprint density at radius 2 is 1.75 bits per heavy atom. The fraction of sp³-hybridized carbons (Fsp3) is 0.421. The molecule has 3 rings (SSSR count). The molecular formula is C19H19F3O2. The third-order valence-corrected chi connectivity index (χ3v) is 4.87. The zero-order valence-corrected chi connectivity index (χ0v) is 13.4. The molecule has 0 saturated heterocycles. The molecule has 1 aliphatic carbocycles. The van der Waals surface area contributed by atoms with Crippen LogP contribution in [-0.2, 0) is 0 Å². The number of fused-ring (bicyclic) bond motifs is 1. The van der Waals surface area contributed by atoms with Crippen molar-refractivity contribution in [3.05, 3.63) is 41.5 Å². The molecule has 2 nitrogen and oxygen atoms in total. The maximum atomic E-state index is 12.7. The SMILES string of the molecule is Cc1c(O[C@H]2CC[C@@H](C(F)(F)F)CC2)ccc2c(C=O)cccc12. The van der Waals surface area contributed by atoms with Gasteiger partial charge in [-0.1, -0.05) is 18.2 Å². The third kappa shape index (κ3) is 3.25. The number of halogens is 3. The average Bonchev–Trinajstić information content (AvgIpc) is 2.56. The molecular weight excluding hydrogens is 317 g/mol. The fourth-order valence-corrected chi connectivity index (χ4v) is 3.43. The Kier molecular flexibility index (Phi) is 4.52. The van der Waals surface area contributed by atoms with Gasteiger partial charge < -0.3 is 4.74 Å². The van der Waals surface area contributed by atoms with Crippen LogP contribution < -0.4 is 4.74 Å². The van der Waals surface area contributed by atoms with Crippen molar-refractivity contribution in [3.63, 3.8) is 0 Å². The Morgan fingerprint density at radius 3 is 2.38 bits per heavy atom. The molecule has 0 aliphatic heterocycles. The van der Waals surface area contributed by atoms with Crippen LogP contribution in [0, 0.1) is 12.8 Å². The van der Waals surface area contributed by atoms with Gasteiger partial charge in [0, 0.05) is 5.56 Å². The van der Waals surface area contributed by atoms with Gasteiger partial charge in [-0.3, -0.25) is 4.79 Å². The smallest absolute Gasteiger partial charge is 0.391 e. The molecule has 128 valence electrons. The van der Waals surface area contributed by atoms with Gasteiger partial charge in [-0.25, -0.2) is 0 Å². The number of hydrogen-bond donors (Lipinski definition) is 0. The van der Waals surface area contributed by atoms with E-state index in [1.165, 1.54) is 0 Å². The topological polar surface area (TPSA) is 26.3 Å². The largest absolute Gasteiger partial charge is 0.490 e. The normalized spacial score (nSPS) is 21.7. The second kappa shape index (κ2) is 6.46. The second-order valence-electron chi connectivity index (χ2n) is 6.38. The van der Waals surface area contributed by atoms with Crippen molar-refractivity contribution in [2.24, 2.45) is 5.92 Å². The number of hydrogen-bond acceptors (Lipinski definition) is 2. The van der Waals surface area contributed by atoms with Crippen molar-refractivity contribution >= 4 is 17.1 Å². The minimum absolute atomic E-state index is 0.121. The summed E-state index contributed by atoms with van der Waals surface area (Å²) in [5.74, 6) is -0.522. The summed E-state index contributed by atoms with van der Waals surface area (Å²) in [6, 6.07) is 9.14. The molecule has 1 fully saturated rings. The van der Waals surface area contributed by atoms with Gasteiger partial charge in [-0.05, 0) is 61.1 Å². The summed E-state index contributed by atoms with van der Waals surface area (Å²) < 4.78 is 44.2. The summed E-state index contributed by atoms with van der Waals surface area (Å²) in [6.45, 7) is 1.91. The Hall–Kier alpha value is -2.04. The number of ether oxygens (including phenoxy) is 1. The van der Waals surface area contributed by atoms with Crippen molar-refractivity contribution < 1.29 is 22.7 Å². The number of aryl methyl sites for hydroxylation is 1. The van der Waals surface area contributed by atoms with E-state index < -0.39 is 12.1 Å². The Morgan fingerprint density at radius 1 is 1.04 bits per heavy atom. The molecule has 0 aromatic heterocycles. The Balaban J connectivity index is 1.77. The predicted molar refractivity (Wildman–Crippen MR) is 86.5 cm³/mol. The standard InChI is InChI=1S/C19H19F3O2/c1-12-16-4-2-3-13(11-23)17(16)9-10-18(12)24-15-7-5-14(6-8-15)19(20,21)22/h2-4,9-11,14-15H,5-8H2,1H3/t14-,15+. The van der Waals surface area contributed by atoms with Crippen molar-refractivity contribution in [1.29, 1.82) is 0 Å². The van der Waals surface area contributed by atoms with Crippen molar-refractivity contribution in [2.75, 3.05) is 0 Å². The molecule has 24 heavy (non-hydrogen) atoms. The monoisotopic (exact) mass is 336 g/mol. The maximum absolute atomic E-state index is 12.7. The summed E-state index contributed by atoms with van der Waals surface area (Å²) in [4.78, 5) is 11.1. The summed E-state index contributed by atoms with van der Waals surface area (Å²) in [5.41, 5.74) is 1.53. The van der Waals surface area contributed by atoms with Crippen LogP contribution in [0.4, 0.5) is 13.2 Å². The van der Waals surface area contributed by atoms with Crippen molar-refractivity contribution in [2.45, 2.75) is 44.9 Å². The zero-order valence-electron chi connectivity index (χ0n) is 13.4. The number of carbonyl (C=O) groups excluding carboxylic acids is 1. The van der Waals surface area contributed by atoms with Gasteiger partial charge in [-0.15, -0.1) is 0 Å². The zero-order chi connectivity index (χ0) is 17.3. The highest BCUT2D eigenvalue weighted by Gasteiger charge is 2.41. The molecule has 2 aromatic carbocycles. The minimum Gasteiger partial charge on any atom is -0.490 e. The van der Waals surface area contributed by atoms with E-state index in [-0.39, 0.29) is 18.9 Å². The number of rotatable bonds is 3. The van der Waals surface area contributed by atoms with Gasteiger partial charge in [0.05, 0.1) is 12.0 Å². The Bertz CT molecular complexity index is 744. The van der Waals surface area contributed by atoms with Crippen LogP contribution in [0.1, 0.15) is 41.6 Å². The lowest BCUT2D eigenvalue weighted by molar-refractivity contribution is -0.185. The number of benzene rings is 2. The summed E-state index contributed by atoms with van der Waals surface area (Å²) >= 11 is 0. The first kappa shape index (κ1) is 16.8. The molecule has 1 saturated carbocycles. The van der Waals surface area contributed by atoms with E-state index in [0.29, 0.717) is 24.2 Å². The number of carbonyl (C=O) groups is 1. The molecule has 0 unspecified atom stereocenters. The van der Waals surface area contributed by atoms with E-state index in [9.17, 15) is 18.0 Å². The lowest BCUT2D eigenvalue weighted by Gasteiger charge is -2.30. The van der Waals surface area contributed by atoms with Gasteiger partial charge in [-0.2, -0.15) is 13.2 Å². The summed E-state index contributed by atoms with van der Waals surface area (Å²) in [7, 11) is 0. The molecule has 0 radical (unpaired) electrons. The highest BCUT2D eigenvalue weighted by Crippen LogP contribution is 2.39. The highest BCUT2D eigenvalue weighted by atomic mass is 19.4. The van der Waals surface area contributed by atoms with Gasteiger partial charge in [0.2, 0.25) is 0 Å². The number of aldehydes is 1. The first-order valence-electron chi connectivity index (χ1n) is 8.11. The fourth-order valence-electron chi connectivity index (χ4n) is 3.43. The first-order valence-corrected chi connectivity index (χ1v) is 8.11. The molecule has 0 heterocycles. The second-order valence-corrected chi connectivity index (χ2v) is 6.38. The van der Waals surface area contributed by atoms with Crippen LogP contribution in [0.25, 0.3) is 10.8 Å². The van der Waals surface area contributed by atoms with E-state index >= 15 is 0 Å². The van der Waals surface area contributed by atoms with E-state index in [4.69, 9.17) is 4.74 Å². The molecule has 0 bridgehead atoms. The van der Waals surface area contributed by atoms with E-state index in [0.717, 1.165) is 22.6 Å².